The molecule has 3 nitrogen and oxygen atoms in total. The van der Waals surface area contributed by atoms with E-state index in [1.165, 1.54) is 12.8 Å². The van der Waals surface area contributed by atoms with E-state index in [0.717, 1.165) is 12.8 Å². The van der Waals surface area contributed by atoms with E-state index >= 15 is 0 Å². The highest BCUT2D eigenvalue weighted by Gasteiger charge is 2.23. The number of halogens is 2. The number of nitrogens with two attached hydrogens (primary N) is 1. The summed E-state index contributed by atoms with van der Waals surface area (Å²) in [6.45, 7) is 3.86. The number of hydrogen-bond acceptors (Lipinski definition) is 2. The molecule has 1 rings (SSSR count). The van der Waals surface area contributed by atoms with Gasteiger partial charge in [0.25, 0.3) is 0 Å². The van der Waals surface area contributed by atoms with Crippen LogP contribution in [0, 0.1) is 5.92 Å². The zero-order chi connectivity index (χ0) is 11.3. The number of carbonyl (C=O) groups excluding carboxylic acids is 1. The minimum atomic E-state index is 0. The second-order valence-electron chi connectivity index (χ2n) is 4.21. The second kappa shape index (κ2) is 7.93. The van der Waals surface area contributed by atoms with Gasteiger partial charge in [-0.3, -0.25) is 4.79 Å². The van der Waals surface area contributed by atoms with Crippen LogP contribution in [0.4, 0.5) is 0 Å². The van der Waals surface area contributed by atoms with Gasteiger partial charge in [0, 0.05) is 17.5 Å². The fraction of sp³-hybridized carbons (Fsp3) is 0.727. The Balaban J connectivity index is 0.00000225. The maximum Gasteiger partial charge on any atom is 0.220 e. The van der Waals surface area contributed by atoms with E-state index < -0.39 is 0 Å². The fourth-order valence-electron chi connectivity index (χ4n) is 1.99. The van der Waals surface area contributed by atoms with E-state index in [1.807, 2.05) is 0 Å². The van der Waals surface area contributed by atoms with Gasteiger partial charge in [-0.2, -0.15) is 0 Å². The Kier molecular flexibility index (Phi) is 7.81. The lowest BCUT2D eigenvalue weighted by Gasteiger charge is -2.27. The molecule has 1 aliphatic carbocycles. The van der Waals surface area contributed by atoms with Crippen LogP contribution in [-0.4, -0.2) is 18.5 Å². The van der Waals surface area contributed by atoms with Crippen molar-refractivity contribution in [2.75, 3.05) is 6.54 Å². The molecule has 1 aliphatic rings. The van der Waals surface area contributed by atoms with Crippen LogP contribution in [-0.2, 0) is 4.79 Å². The first-order chi connectivity index (χ1) is 7.09. The van der Waals surface area contributed by atoms with Crippen molar-refractivity contribution in [3.05, 3.63) is 11.6 Å². The molecule has 0 aromatic carbocycles. The third-order valence-corrected chi connectivity index (χ3v) is 3.03. The average molecular weight is 267 g/mol. The Morgan fingerprint density at radius 1 is 1.44 bits per heavy atom. The maximum atomic E-state index is 11.5. The molecule has 3 N–H and O–H groups in total. The summed E-state index contributed by atoms with van der Waals surface area (Å²) in [6.07, 6.45) is 5.01. The third-order valence-electron chi connectivity index (χ3n) is 2.89. The predicted octanol–water partition coefficient (Wildman–Crippen LogP) is 2.18. The zero-order valence-electron chi connectivity index (χ0n) is 9.38. The molecule has 1 fully saturated rings. The van der Waals surface area contributed by atoms with Crippen molar-refractivity contribution in [3.8, 4) is 0 Å². The van der Waals surface area contributed by atoms with Crippen LogP contribution in [0.5, 0.6) is 0 Å². The molecule has 0 heterocycles. The van der Waals surface area contributed by atoms with Gasteiger partial charge in [-0.1, -0.05) is 31.0 Å². The normalized spacial score (nSPS) is 24.4. The number of carbonyl (C=O) groups is 1. The van der Waals surface area contributed by atoms with E-state index in [2.05, 4.69) is 11.9 Å². The zero-order valence-corrected chi connectivity index (χ0v) is 10.9. The molecule has 16 heavy (non-hydrogen) atoms. The van der Waals surface area contributed by atoms with E-state index in [9.17, 15) is 4.79 Å². The highest BCUT2D eigenvalue weighted by molar-refractivity contribution is 6.29. The van der Waals surface area contributed by atoms with Crippen LogP contribution in [0.3, 0.4) is 0 Å². The van der Waals surface area contributed by atoms with Gasteiger partial charge in [0.2, 0.25) is 5.91 Å². The lowest BCUT2D eigenvalue weighted by atomic mass is 9.83. The number of nitrogens with one attached hydrogen (secondary N) is 1. The van der Waals surface area contributed by atoms with E-state index in [4.69, 9.17) is 17.3 Å². The standard InChI is InChI=1S/C11H19ClN2O.ClH/c1-8(12)7-14-11(15)6-9-4-2-3-5-10(9)13;/h9-10H,1-7,13H2,(H,14,15);1H. The summed E-state index contributed by atoms with van der Waals surface area (Å²) >= 11 is 5.56. The summed E-state index contributed by atoms with van der Waals surface area (Å²) in [6, 6.07) is 0.184. The third kappa shape index (κ3) is 5.73. The molecule has 0 radical (unpaired) electrons. The Hall–Kier alpha value is -0.250. The Morgan fingerprint density at radius 2 is 2.06 bits per heavy atom. The molecule has 0 spiro atoms. The van der Waals surface area contributed by atoms with Gasteiger partial charge in [-0.05, 0) is 18.8 Å². The van der Waals surface area contributed by atoms with Crippen LogP contribution in [0.25, 0.3) is 0 Å². The van der Waals surface area contributed by atoms with Gasteiger partial charge in [0.15, 0.2) is 0 Å². The van der Waals surface area contributed by atoms with Crippen LogP contribution >= 0.6 is 24.0 Å². The average Bonchev–Trinajstić information content (AvgIpc) is 2.18. The van der Waals surface area contributed by atoms with Crippen LogP contribution < -0.4 is 11.1 Å². The van der Waals surface area contributed by atoms with Gasteiger partial charge < -0.3 is 11.1 Å². The first-order valence-electron chi connectivity index (χ1n) is 5.45. The molecule has 0 aromatic rings. The molecular formula is C11H20Cl2N2O. The number of amides is 1. The van der Waals surface area contributed by atoms with Crippen molar-refractivity contribution < 1.29 is 4.79 Å². The molecule has 94 valence electrons. The summed E-state index contributed by atoms with van der Waals surface area (Å²) in [4.78, 5) is 11.5. The van der Waals surface area contributed by atoms with Crippen molar-refractivity contribution in [3.63, 3.8) is 0 Å². The Morgan fingerprint density at radius 3 is 2.62 bits per heavy atom. The van der Waals surface area contributed by atoms with E-state index in [-0.39, 0.29) is 24.4 Å². The highest BCUT2D eigenvalue weighted by Crippen LogP contribution is 2.25. The van der Waals surface area contributed by atoms with Crippen molar-refractivity contribution in [1.82, 2.24) is 5.32 Å². The van der Waals surface area contributed by atoms with Crippen LogP contribution in [0.15, 0.2) is 11.6 Å². The fourth-order valence-corrected chi connectivity index (χ4v) is 2.06. The van der Waals surface area contributed by atoms with Crippen molar-refractivity contribution in [2.45, 2.75) is 38.1 Å². The smallest absolute Gasteiger partial charge is 0.220 e. The molecule has 0 bridgehead atoms. The second-order valence-corrected chi connectivity index (χ2v) is 4.74. The SMILES string of the molecule is C=C(Cl)CNC(=O)CC1CCCCC1N.Cl. The van der Waals surface area contributed by atoms with Gasteiger partial charge in [0.1, 0.15) is 0 Å². The van der Waals surface area contributed by atoms with Gasteiger partial charge in [-0.15, -0.1) is 12.4 Å². The summed E-state index contributed by atoms with van der Waals surface area (Å²) in [5.41, 5.74) is 5.96. The molecular weight excluding hydrogens is 247 g/mol. The Labute approximate surface area is 108 Å². The molecule has 0 saturated heterocycles. The molecule has 2 unspecified atom stereocenters. The topological polar surface area (TPSA) is 55.1 Å². The molecule has 0 aromatic heterocycles. The molecule has 1 saturated carbocycles. The minimum Gasteiger partial charge on any atom is -0.351 e. The van der Waals surface area contributed by atoms with Crippen molar-refractivity contribution in [1.29, 1.82) is 0 Å². The highest BCUT2D eigenvalue weighted by atomic mass is 35.5. The molecule has 5 heteroatoms. The van der Waals surface area contributed by atoms with Crippen molar-refractivity contribution >= 4 is 29.9 Å². The molecule has 2 atom stereocenters. The van der Waals surface area contributed by atoms with Crippen LogP contribution in [0.1, 0.15) is 32.1 Å². The number of hydrogen-bond donors (Lipinski definition) is 2. The number of rotatable bonds is 4. The first-order valence-corrected chi connectivity index (χ1v) is 5.83. The largest absolute Gasteiger partial charge is 0.351 e. The molecule has 1 amide bonds. The predicted molar refractivity (Wildman–Crippen MR) is 69.8 cm³/mol. The quantitative estimate of drug-likeness (QED) is 0.820. The minimum absolute atomic E-state index is 0. The van der Waals surface area contributed by atoms with E-state index in [1.54, 1.807) is 0 Å². The molecule has 0 aliphatic heterocycles. The van der Waals surface area contributed by atoms with Crippen molar-refractivity contribution in [2.24, 2.45) is 11.7 Å². The van der Waals surface area contributed by atoms with Gasteiger partial charge in [-0.25, -0.2) is 0 Å². The summed E-state index contributed by atoms with van der Waals surface area (Å²) in [5, 5.41) is 3.18. The summed E-state index contributed by atoms with van der Waals surface area (Å²) < 4.78 is 0. The van der Waals surface area contributed by atoms with Crippen LogP contribution in [0.2, 0.25) is 0 Å². The lowest BCUT2D eigenvalue weighted by Crippen LogP contribution is -2.37. The maximum absolute atomic E-state index is 11.5. The van der Waals surface area contributed by atoms with Gasteiger partial charge in [0.05, 0.1) is 6.54 Å². The summed E-state index contributed by atoms with van der Waals surface area (Å²) in [7, 11) is 0. The van der Waals surface area contributed by atoms with E-state index in [0.29, 0.717) is 23.9 Å². The summed E-state index contributed by atoms with van der Waals surface area (Å²) in [5.74, 6) is 0.362. The Bertz CT molecular complexity index is 246. The lowest BCUT2D eigenvalue weighted by molar-refractivity contribution is -0.122. The monoisotopic (exact) mass is 266 g/mol. The van der Waals surface area contributed by atoms with Gasteiger partial charge >= 0.3 is 0 Å². The first kappa shape index (κ1) is 15.8.